The number of amides is 1. The van der Waals surface area contributed by atoms with Crippen molar-refractivity contribution < 1.29 is 17.9 Å². The Hall–Kier alpha value is -2.38. The molecule has 2 aromatic carbocycles. The van der Waals surface area contributed by atoms with Gasteiger partial charge in [-0.05, 0) is 49.6 Å². The Bertz CT molecular complexity index is 1000. The molecule has 2 aromatic rings. The lowest BCUT2D eigenvalue weighted by Crippen LogP contribution is -2.34. The first-order valence-electron chi connectivity index (χ1n) is 9.25. The largest absolute Gasteiger partial charge is 0.496 e. The van der Waals surface area contributed by atoms with Crippen LogP contribution in [-0.2, 0) is 27.8 Å². The summed E-state index contributed by atoms with van der Waals surface area (Å²) in [5, 5.41) is 0. The summed E-state index contributed by atoms with van der Waals surface area (Å²) in [4.78, 5) is 13.8. The lowest BCUT2D eigenvalue weighted by Gasteiger charge is -2.29. The lowest BCUT2D eigenvalue weighted by molar-refractivity contribution is -0.116. The van der Waals surface area contributed by atoms with Crippen molar-refractivity contribution in [2.75, 3.05) is 25.6 Å². The van der Waals surface area contributed by atoms with E-state index in [-0.39, 0.29) is 17.3 Å². The highest BCUT2D eigenvalue weighted by molar-refractivity contribution is 7.89. The van der Waals surface area contributed by atoms with Gasteiger partial charge in [0.05, 0.1) is 12.0 Å². The van der Waals surface area contributed by atoms with E-state index in [4.69, 9.17) is 4.74 Å². The van der Waals surface area contributed by atoms with Crippen LogP contribution in [0, 0.1) is 6.92 Å². The van der Waals surface area contributed by atoms with Gasteiger partial charge in [0.1, 0.15) is 5.75 Å². The molecule has 0 spiro atoms. The molecule has 7 heteroatoms. The van der Waals surface area contributed by atoms with Crippen molar-refractivity contribution in [2.24, 2.45) is 0 Å². The normalized spacial score (nSPS) is 14.1. The first-order valence-corrected chi connectivity index (χ1v) is 10.7. The molecule has 0 aliphatic carbocycles. The summed E-state index contributed by atoms with van der Waals surface area (Å²) < 4.78 is 33.0. The van der Waals surface area contributed by atoms with E-state index in [9.17, 15) is 13.2 Å². The van der Waals surface area contributed by atoms with Crippen molar-refractivity contribution in [3.05, 3.63) is 53.1 Å². The second-order valence-electron chi connectivity index (χ2n) is 7.14. The van der Waals surface area contributed by atoms with Gasteiger partial charge in [0.15, 0.2) is 0 Å². The predicted octanol–water partition coefficient (Wildman–Crippen LogP) is 3.12. The van der Waals surface area contributed by atoms with Gasteiger partial charge in [0.25, 0.3) is 0 Å². The first-order chi connectivity index (χ1) is 13.2. The van der Waals surface area contributed by atoms with Crippen molar-refractivity contribution in [1.29, 1.82) is 0 Å². The van der Waals surface area contributed by atoms with Gasteiger partial charge in [-0.1, -0.05) is 17.7 Å². The second kappa shape index (κ2) is 7.93. The molecule has 6 nitrogen and oxygen atoms in total. The maximum atomic E-state index is 13.1. The fourth-order valence-electron chi connectivity index (χ4n) is 3.60. The van der Waals surface area contributed by atoms with Gasteiger partial charge in [-0.2, -0.15) is 4.31 Å². The summed E-state index contributed by atoms with van der Waals surface area (Å²) in [6, 6.07) is 10.7. The number of carbonyl (C=O) groups excluding carboxylic acids is 1. The Balaban J connectivity index is 1.91. The average Bonchev–Trinajstić information content (AvgIpc) is 2.67. The van der Waals surface area contributed by atoms with E-state index >= 15 is 0 Å². The zero-order chi connectivity index (χ0) is 20.5. The standard InChI is InChI=1S/C21H26N2O4S/c1-15-7-10-21(27-4)18(12-15)14-22(3)28(25,26)19-8-9-20-17(13-19)6-5-11-23(20)16(2)24/h7-10,12-13H,5-6,11,14H2,1-4H3. The molecule has 150 valence electrons. The van der Waals surface area contributed by atoms with E-state index in [2.05, 4.69) is 0 Å². The zero-order valence-electron chi connectivity index (χ0n) is 16.7. The molecule has 28 heavy (non-hydrogen) atoms. The quantitative estimate of drug-likeness (QED) is 0.771. The third kappa shape index (κ3) is 3.91. The van der Waals surface area contributed by atoms with Gasteiger partial charge >= 0.3 is 0 Å². The molecule has 1 heterocycles. The number of hydrogen-bond donors (Lipinski definition) is 0. The molecule has 0 saturated carbocycles. The highest BCUT2D eigenvalue weighted by Gasteiger charge is 2.26. The summed E-state index contributed by atoms with van der Waals surface area (Å²) in [7, 11) is -0.528. The van der Waals surface area contributed by atoms with Crippen molar-refractivity contribution in [3.63, 3.8) is 0 Å². The summed E-state index contributed by atoms with van der Waals surface area (Å²) in [6.45, 7) is 4.37. The van der Waals surface area contributed by atoms with Crippen LogP contribution in [0.15, 0.2) is 41.3 Å². The Labute approximate surface area is 166 Å². The second-order valence-corrected chi connectivity index (χ2v) is 9.19. The number of fused-ring (bicyclic) bond motifs is 1. The van der Waals surface area contributed by atoms with Gasteiger partial charge in [-0.25, -0.2) is 8.42 Å². The number of methoxy groups -OCH3 is 1. The molecule has 1 aliphatic rings. The molecule has 0 N–H and O–H groups in total. The van der Waals surface area contributed by atoms with Gasteiger partial charge in [0, 0.05) is 38.3 Å². The highest BCUT2D eigenvalue weighted by Crippen LogP contribution is 2.31. The number of anilines is 1. The molecule has 0 aromatic heterocycles. The number of aryl methyl sites for hydroxylation is 2. The van der Waals surface area contributed by atoms with Crippen molar-refractivity contribution >= 4 is 21.6 Å². The number of nitrogens with zero attached hydrogens (tertiary/aromatic N) is 2. The summed E-state index contributed by atoms with van der Waals surface area (Å²) >= 11 is 0. The predicted molar refractivity (Wildman–Crippen MR) is 109 cm³/mol. The van der Waals surface area contributed by atoms with E-state index in [1.54, 1.807) is 37.3 Å². The molecule has 0 fully saturated rings. The minimum Gasteiger partial charge on any atom is -0.496 e. The topological polar surface area (TPSA) is 66.9 Å². The third-order valence-corrected chi connectivity index (χ3v) is 6.89. The highest BCUT2D eigenvalue weighted by atomic mass is 32.2. The van der Waals surface area contributed by atoms with Crippen LogP contribution in [0.5, 0.6) is 5.75 Å². The zero-order valence-corrected chi connectivity index (χ0v) is 17.5. The lowest BCUT2D eigenvalue weighted by atomic mass is 10.0. The maximum absolute atomic E-state index is 13.1. The Morgan fingerprint density at radius 2 is 1.96 bits per heavy atom. The molecule has 0 radical (unpaired) electrons. The Morgan fingerprint density at radius 3 is 2.64 bits per heavy atom. The van der Waals surface area contributed by atoms with Gasteiger partial charge < -0.3 is 9.64 Å². The monoisotopic (exact) mass is 402 g/mol. The number of carbonyl (C=O) groups is 1. The van der Waals surface area contributed by atoms with Crippen LogP contribution in [0.4, 0.5) is 5.69 Å². The fourth-order valence-corrected chi connectivity index (χ4v) is 4.80. The van der Waals surface area contributed by atoms with Gasteiger partial charge in [-0.3, -0.25) is 4.79 Å². The SMILES string of the molecule is COc1ccc(C)cc1CN(C)S(=O)(=O)c1ccc2c(c1)CCCN2C(C)=O. The van der Waals surface area contributed by atoms with Crippen LogP contribution < -0.4 is 9.64 Å². The first kappa shape index (κ1) is 20.4. The molecule has 1 aliphatic heterocycles. The number of sulfonamides is 1. The molecule has 3 rings (SSSR count). The van der Waals surface area contributed by atoms with E-state index in [1.807, 2.05) is 25.1 Å². The van der Waals surface area contributed by atoms with Gasteiger partial charge in [-0.15, -0.1) is 0 Å². The molecule has 0 saturated heterocycles. The third-order valence-electron chi connectivity index (χ3n) is 5.09. The van der Waals surface area contributed by atoms with Crippen LogP contribution >= 0.6 is 0 Å². The van der Waals surface area contributed by atoms with Crippen LogP contribution in [0.2, 0.25) is 0 Å². The van der Waals surface area contributed by atoms with Crippen molar-refractivity contribution in [2.45, 2.75) is 38.1 Å². The minimum atomic E-state index is -3.67. The number of benzene rings is 2. The molecule has 0 atom stereocenters. The summed E-state index contributed by atoms with van der Waals surface area (Å²) in [5.41, 5.74) is 3.55. The minimum absolute atomic E-state index is 0.0276. The fraction of sp³-hybridized carbons (Fsp3) is 0.381. The molecular weight excluding hydrogens is 376 g/mol. The van der Waals surface area contributed by atoms with Crippen molar-refractivity contribution in [1.82, 2.24) is 4.31 Å². The number of rotatable bonds is 5. The number of ether oxygens (including phenoxy) is 1. The molecule has 0 unspecified atom stereocenters. The van der Waals surface area contributed by atoms with E-state index in [0.29, 0.717) is 12.3 Å². The van der Waals surface area contributed by atoms with E-state index in [1.165, 1.54) is 11.2 Å². The average molecular weight is 403 g/mol. The van der Waals surface area contributed by atoms with Crippen LogP contribution in [0.25, 0.3) is 0 Å². The number of hydrogen-bond acceptors (Lipinski definition) is 4. The maximum Gasteiger partial charge on any atom is 0.243 e. The van der Waals surface area contributed by atoms with E-state index in [0.717, 1.165) is 35.2 Å². The molecule has 1 amide bonds. The van der Waals surface area contributed by atoms with Crippen LogP contribution in [0.3, 0.4) is 0 Å². The molecule has 0 bridgehead atoms. The molecular formula is C21H26N2O4S. The summed E-state index contributed by atoms with van der Waals surface area (Å²) in [6.07, 6.45) is 1.59. The van der Waals surface area contributed by atoms with Gasteiger partial charge in [0.2, 0.25) is 15.9 Å². The van der Waals surface area contributed by atoms with Crippen LogP contribution in [0.1, 0.15) is 30.0 Å². The Morgan fingerprint density at radius 1 is 1.21 bits per heavy atom. The Kier molecular flexibility index (Phi) is 5.76. The van der Waals surface area contributed by atoms with E-state index < -0.39 is 10.0 Å². The van der Waals surface area contributed by atoms with Crippen LogP contribution in [-0.4, -0.2) is 39.3 Å². The summed E-state index contributed by atoms with van der Waals surface area (Å²) in [5.74, 6) is 0.635. The smallest absolute Gasteiger partial charge is 0.243 e. The van der Waals surface area contributed by atoms with Crippen molar-refractivity contribution in [3.8, 4) is 5.75 Å².